The summed E-state index contributed by atoms with van der Waals surface area (Å²) in [6, 6.07) is 23.1. The van der Waals surface area contributed by atoms with Crippen molar-refractivity contribution in [1.82, 2.24) is 9.97 Å². The molecule has 0 aliphatic rings. The number of fused-ring (bicyclic) bond motifs is 1. The van der Waals surface area contributed by atoms with Crippen LogP contribution in [0.5, 0.6) is 11.5 Å². The number of ether oxygens (including phenoxy) is 2. The highest BCUT2D eigenvalue weighted by Crippen LogP contribution is 2.30. The lowest BCUT2D eigenvalue weighted by atomic mass is 10.1. The zero-order valence-electron chi connectivity index (χ0n) is 23.6. The normalized spacial score (nSPS) is 11.2. The molecule has 0 unspecified atom stereocenters. The standard InChI is InChI=1S/C31H29N5O6S/c1-19-13-23(41-2)11-12-26(19)31(38)33-21-7-6-8-25(17-21)43(39,40)36-30-29(34-27-9-4-5-10-28(27)35-30)32-22-14-20(18-37)15-24(16-22)42-3/h4-17,37H,18H2,1-3H3,(H,32,34)(H,33,38)(H,35,36). The van der Waals surface area contributed by atoms with Crippen LogP contribution in [-0.2, 0) is 16.6 Å². The highest BCUT2D eigenvalue weighted by atomic mass is 32.2. The van der Waals surface area contributed by atoms with Crippen molar-refractivity contribution in [3.63, 3.8) is 0 Å². The maximum Gasteiger partial charge on any atom is 0.263 e. The smallest absolute Gasteiger partial charge is 0.263 e. The lowest BCUT2D eigenvalue weighted by molar-refractivity contribution is 0.102. The monoisotopic (exact) mass is 599 g/mol. The van der Waals surface area contributed by atoms with Gasteiger partial charge in [-0.25, -0.2) is 18.4 Å². The van der Waals surface area contributed by atoms with Crippen LogP contribution in [0.3, 0.4) is 0 Å². The number of hydrogen-bond acceptors (Lipinski definition) is 9. The summed E-state index contributed by atoms with van der Waals surface area (Å²) in [6.07, 6.45) is 0. The number of sulfonamides is 1. The number of benzene rings is 4. The molecular formula is C31H29N5O6S. The summed E-state index contributed by atoms with van der Waals surface area (Å²) < 4.78 is 40.2. The summed E-state index contributed by atoms with van der Waals surface area (Å²) >= 11 is 0. The van der Waals surface area contributed by atoms with Crippen LogP contribution in [0.25, 0.3) is 11.0 Å². The molecule has 0 atom stereocenters. The van der Waals surface area contributed by atoms with Crippen LogP contribution in [0.2, 0.25) is 0 Å². The van der Waals surface area contributed by atoms with Gasteiger partial charge in [0.05, 0.1) is 36.8 Å². The van der Waals surface area contributed by atoms with Crippen LogP contribution >= 0.6 is 0 Å². The quantitative estimate of drug-likeness (QED) is 0.169. The molecule has 0 fully saturated rings. The topological polar surface area (TPSA) is 152 Å². The van der Waals surface area contributed by atoms with Crippen LogP contribution in [0.4, 0.5) is 23.0 Å². The number of methoxy groups -OCH3 is 2. The summed E-state index contributed by atoms with van der Waals surface area (Å²) in [5.41, 5.74) is 3.53. The highest BCUT2D eigenvalue weighted by Gasteiger charge is 2.21. The maximum absolute atomic E-state index is 13.6. The van der Waals surface area contributed by atoms with Crippen molar-refractivity contribution < 1.29 is 27.8 Å². The van der Waals surface area contributed by atoms with Gasteiger partial charge in [0, 0.05) is 23.0 Å². The second kappa shape index (κ2) is 12.3. The van der Waals surface area contributed by atoms with Crippen molar-refractivity contribution in [3.05, 3.63) is 102 Å². The van der Waals surface area contributed by atoms with Crippen LogP contribution in [0, 0.1) is 6.92 Å². The number of carbonyl (C=O) groups excluding carboxylic acids is 1. The molecule has 1 heterocycles. The predicted octanol–water partition coefficient (Wildman–Crippen LogP) is 5.24. The summed E-state index contributed by atoms with van der Waals surface area (Å²) in [5, 5.41) is 15.5. The first-order valence-corrected chi connectivity index (χ1v) is 14.6. The van der Waals surface area contributed by atoms with Gasteiger partial charge in [0.15, 0.2) is 11.6 Å². The molecule has 11 nitrogen and oxygen atoms in total. The van der Waals surface area contributed by atoms with Crippen molar-refractivity contribution in [3.8, 4) is 11.5 Å². The van der Waals surface area contributed by atoms with Crippen LogP contribution in [0.1, 0.15) is 21.5 Å². The van der Waals surface area contributed by atoms with Crippen molar-refractivity contribution in [2.24, 2.45) is 0 Å². The fraction of sp³-hybridized carbons (Fsp3) is 0.129. The number of hydrogen-bond donors (Lipinski definition) is 4. The van der Waals surface area contributed by atoms with Gasteiger partial charge in [-0.05, 0) is 78.7 Å². The number of nitrogens with zero attached hydrogens (tertiary/aromatic N) is 2. The molecule has 0 bridgehead atoms. The third kappa shape index (κ3) is 6.66. The van der Waals surface area contributed by atoms with E-state index in [2.05, 4.69) is 25.3 Å². The third-order valence-electron chi connectivity index (χ3n) is 6.53. The molecule has 0 spiro atoms. The molecule has 1 amide bonds. The molecule has 4 aromatic carbocycles. The zero-order valence-corrected chi connectivity index (χ0v) is 24.4. The Balaban J connectivity index is 1.45. The van der Waals surface area contributed by atoms with Gasteiger partial charge in [0.25, 0.3) is 15.9 Å². The maximum atomic E-state index is 13.6. The Labute approximate surface area is 248 Å². The first kappa shape index (κ1) is 29.3. The van der Waals surface area contributed by atoms with E-state index in [1.165, 1.54) is 25.3 Å². The van der Waals surface area contributed by atoms with E-state index < -0.39 is 15.9 Å². The second-order valence-corrected chi connectivity index (χ2v) is 11.2. The van der Waals surface area contributed by atoms with Gasteiger partial charge in [0.1, 0.15) is 11.5 Å². The van der Waals surface area contributed by atoms with Gasteiger partial charge in [-0.1, -0.05) is 18.2 Å². The number of para-hydroxylation sites is 2. The molecule has 12 heteroatoms. The number of rotatable bonds is 10. The van der Waals surface area contributed by atoms with E-state index in [-0.39, 0.29) is 23.1 Å². The molecule has 5 aromatic rings. The van der Waals surface area contributed by atoms with E-state index in [1.54, 1.807) is 80.8 Å². The fourth-order valence-electron chi connectivity index (χ4n) is 4.38. The number of carbonyl (C=O) groups is 1. The second-order valence-electron chi connectivity index (χ2n) is 9.53. The third-order valence-corrected chi connectivity index (χ3v) is 7.87. The molecule has 0 aliphatic carbocycles. The minimum Gasteiger partial charge on any atom is -0.497 e. The summed E-state index contributed by atoms with van der Waals surface area (Å²) in [6.45, 7) is 1.56. The molecule has 4 N–H and O–H groups in total. The molecule has 5 rings (SSSR count). The van der Waals surface area contributed by atoms with Gasteiger partial charge >= 0.3 is 0 Å². The molecular weight excluding hydrogens is 570 g/mol. The highest BCUT2D eigenvalue weighted by molar-refractivity contribution is 7.92. The fourth-order valence-corrected chi connectivity index (χ4v) is 5.44. The molecule has 0 aliphatic heterocycles. The lowest BCUT2D eigenvalue weighted by Gasteiger charge is -2.15. The molecule has 1 aromatic heterocycles. The van der Waals surface area contributed by atoms with Gasteiger partial charge in [0.2, 0.25) is 0 Å². The number of aliphatic hydroxyl groups excluding tert-OH is 1. The van der Waals surface area contributed by atoms with Crippen LogP contribution < -0.4 is 24.8 Å². The van der Waals surface area contributed by atoms with Crippen LogP contribution in [-0.4, -0.2) is 43.6 Å². The number of nitrogens with one attached hydrogen (secondary N) is 3. The molecule has 43 heavy (non-hydrogen) atoms. The Morgan fingerprint density at radius 1 is 0.814 bits per heavy atom. The van der Waals surface area contributed by atoms with Gasteiger partial charge in [-0.2, -0.15) is 0 Å². The molecule has 0 radical (unpaired) electrons. The summed E-state index contributed by atoms with van der Waals surface area (Å²) in [5.74, 6) is 0.817. The molecule has 220 valence electrons. The predicted molar refractivity (Wildman–Crippen MR) is 165 cm³/mol. The minimum absolute atomic E-state index is 0.0460. The summed E-state index contributed by atoms with van der Waals surface area (Å²) in [7, 11) is -1.14. The Hall–Kier alpha value is -5.20. The van der Waals surface area contributed by atoms with Gasteiger partial charge in [-0.3, -0.25) is 9.52 Å². The van der Waals surface area contributed by atoms with E-state index in [0.29, 0.717) is 50.6 Å². The largest absolute Gasteiger partial charge is 0.497 e. The molecule has 0 saturated heterocycles. The van der Waals surface area contributed by atoms with E-state index >= 15 is 0 Å². The Morgan fingerprint density at radius 3 is 2.21 bits per heavy atom. The minimum atomic E-state index is -4.19. The lowest BCUT2D eigenvalue weighted by Crippen LogP contribution is -2.17. The van der Waals surface area contributed by atoms with Crippen molar-refractivity contribution >= 4 is 50.0 Å². The zero-order chi connectivity index (χ0) is 30.6. The van der Waals surface area contributed by atoms with Gasteiger partial charge in [-0.15, -0.1) is 0 Å². The van der Waals surface area contributed by atoms with E-state index in [0.717, 1.165) is 0 Å². The Kier molecular flexibility index (Phi) is 8.41. The Bertz CT molecular complexity index is 1910. The first-order chi connectivity index (χ1) is 20.7. The van der Waals surface area contributed by atoms with Gasteiger partial charge < -0.3 is 25.2 Å². The number of aliphatic hydroxyl groups is 1. The SMILES string of the molecule is COc1cc(CO)cc(Nc2nc3ccccc3nc2NS(=O)(=O)c2cccc(NC(=O)c3ccc(OC)cc3C)c2)c1. The Morgan fingerprint density at radius 2 is 1.53 bits per heavy atom. The van der Waals surface area contributed by atoms with E-state index in [9.17, 15) is 18.3 Å². The number of amides is 1. The summed E-state index contributed by atoms with van der Waals surface area (Å²) in [4.78, 5) is 22.0. The number of anilines is 4. The van der Waals surface area contributed by atoms with Crippen molar-refractivity contribution in [2.45, 2.75) is 18.4 Å². The number of aromatic nitrogens is 2. The average molecular weight is 600 g/mol. The number of aryl methyl sites for hydroxylation is 1. The van der Waals surface area contributed by atoms with E-state index in [1.807, 2.05) is 0 Å². The average Bonchev–Trinajstić information content (AvgIpc) is 3.00. The first-order valence-electron chi connectivity index (χ1n) is 13.1. The molecule has 0 saturated carbocycles. The van der Waals surface area contributed by atoms with Crippen molar-refractivity contribution in [2.75, 3.05) is 29.6 Å². The van der Waals surface area contributed by atoms with Crippen LogP contribution in [0.15, 0.2) is 89.8 Å². The van der Waals surface area contributed by atoms with Crippen molar-refractivity contribution in [1.29, 1.82) is 0 Å². The van der Waals surface area contributed by atoms with E-state index in [4.69, 9.17) is 9.47 Å².